The van der Waals surface area contributed by atoms with Gasteiger partial charge in [0.2, 0.25) is 0 Å². The predicted molar refractivity (Wildman–Crippen MR) is 50.6 cm³/mol. The van der Waals surface area contributed by atoms with Crippen LogP contribution in [0.25, 0.3) is 0 Å². The van der Waals surface area contributed by atoms with Crippen molar-refractivity contribution in [3.8, 4) is 0 Å². The lowest BCUT2D eigenvalue weighted by Crippen LogP contribution is -2.42. The van der Waals surface area contributed by atoms with Gasteiger partial charge in [-0.25, -0.2) is 0 Å². The summed E-state index contributed by atoms with van der Waals surface area (Å²) in [5.41, 5.74) is 0. The number of rotatable bonds is 7. The molecule has 0 aromatic rings. The van der Waals surface area contributed by atoms with Gasteiger partial charge in [0, 0.05) is 12.6 Å². The number of nitrogens with one attached hydrogen (secondary N) is 1. The van der Waals surface area contributed by atoms with Gasteiger partial charge in [-0.3, -0.25) is 4.79 Å². The second-order valence-corrected chi connectivity index (χ2v) is 3.26. The quantitative estimate of drug-likeness (QED) is 0.548. The van der Waals surface area contributed by atoms with Crippen molar-refractivity contribution in [1.29, 1.82) is 0 Å². The van der Waals surface area contributed by atoms with E-state index in [1.807, 2.05) is 13.8 Å². The van der Waals surface area contributed by atoms with Crippen LogP contribution in [0, 0.1) is 0 Å². The van der Waals surface area contributed by atoms with Crippen LogP contribution in [0.15, 0.2) is 0 Å². The maximum Gasteiger partial charge on any atom is 0.320 e. The van der Waals surface area contributed by atoms with Crippen molar-refractivity contribution < 1.29 is 15.0 Å². The standard InChI is InChI=1S/C9H19NO3/c1-3-4-8(9(12)13)10-7(2)5-6-11/h7-8,10-11H,3-6H2,1-2H3,(H,12,13). The third kappa shape index (κ3) is 5.60. The molecule has 0 heterocycles. The van der Waals surface area contributed by atoms with E-state index in [0.717, 1.165) is 6.42 Å². The zero-order valence-electron chi connectivity index (χ0n) is 8.29. The van der Waals surface area contributed by atoms with Gasteiger partial charge in [-0.1, -0.05) is 13.3 Å². The molecule has 4 nitrogen and oxygen atoms in total. The maximum atomic E-state index is 10.7. The Morgan fingerprint density at radius 2 is 2.08 bits per heavy atom. The molecular weight excluding hydrogens is 170 g/mol. The first-order chi connectivity index (χ1) is 6.11. The molecule has 0 rings (SSSR count). The number of aliphatic hydroxyl groups excluding tert-OH is 1. The Kier molecular flexibility index (Phi) is 6.54. The number of hydrogen-bond acceptors (Lipinski definition) is 3. The minimum absolute atomic E-state index is 0.0534. The molecule has 0 amide bonds. The minimum atomic E-state index is -0.813. The zero-order chi connectivity index (χ0) is 10.3. The Balaban J connectivity index is 3.86. The van der Waals surface area contributed by atoms with Crippen molar-refractivity contribution in [1.82, 2.24) is 5.32 Å². The van der Waals surface area contributed by atoms with Crippen molar-refractivity contribution in [3.63, 3.8) is 0 Å². The topological polar surface area (TPSA) is 69.6 Å². The van der Waals surface area contributed by atoms with E-state index in [9.17, 15) is 4.79 Å². The van der Waals surface area contributed by atoms with E-state index in [-0.39, 0.29) is 12.6 Å². The first-order valence-corrected chi connectivity index (χ1v) is 4.71. The predicted octanol–water partition coefficient (Wildman–Crippen LogP) is 0.600. The van der Waals surface area contributed by atoms with Crippen LogP contribution in [-0.4, -0.2) is 34.9 Å². The Hall–Kier alpha value is -0.610. The number of carboxylic acid groups (broad SMARTS) is 1. The van der Waals surface area contributed by atoms with Crippen LogP contribution in [0.3, 0.4) is 0 Å². The first kappa shape index (κ1) is 12.4. The number of carbonyl (C=O) groups is 1. The summed E-state index contributed by atoms with van der Waals surface area (Å²) in [5.74, 6) is -0.813. The van der Waals surface area contributed by atoms with Gasteiger partial charge in [0.15, 0.2) is 0 Å². The highest BCUT2D eigenvalue weighted by Gasteiger charge is 2.17. The van der Waals surface area contributed by atoms with E-state index in [4.69, 9.17) is 10.2 Å². The molecule has 2 unspecified atom stereocenters. The van der Waals surface area contributed by atoms with E-state index in [1.165, 1.54) is 0 Å². The lowest BCUT2D eigenvalue weighted by molar-refractivity contribution is -0.139. The van der Waals surface area contributed by atoms with E-state index in [0.29, 0.717) is 12.8 Å². The van der Waals surface area contributed by atoms with Crippen molar-refractivity contribution in [2.24, 2.45) is 0 Å². The van der Waals surface area contributed by atoms with Crippen LogP contribution in [-0.2, 0) is 4.79 Å². The van der Waals surface area contributed by atoms with Crippen LogP contribution in [0.1, 0.15) is 33.1 Å². The number of aliphatic hydroxyl groups is 1. The molecule has 0 saturated heterocycles. The third-order valence-electron chi connectivity index (χ3n) is 1.92. The average Bonchev–Trinajstić information content (AvgIpc) is 2.04. The van der Waals surface area contributed by atoms with E-state index in [1.54, 1.807) is 0 Å². The summed E-state index contributed by atoms with van der Waals surface area (Å²) in [7, 11) is 0. The van der Waals surface area contributed by atoms with Gasteiger partial charge in [-0.05, 0) is 19.8 Å². The first-order valence-electron chi connectivity index (χ1n) is 4.71. The Morgan fingerprint density at radius 3 is 2.46 bits per heavy atom. The Bertz CT molecular complexity index is 150. The summed E-state index contributed by atoms with van der Waals surface area (Å²) in [6.07, 6.45) is 2.06. The zero-order valence-corrected chi connectivity index (χ0v) is 8.29. The van der Waals surface area contributed by atoms with Crippen molar-refractivity contribution in [3.05, 3.63) is 0 Å². The van der Waals surface area contributed by atoms with Crippen molar-refractivity contribution >= 4 is 5.97 Å². The van der Waals surface area contributed by atoms with Gasteiger partial charge < -0.3 is 15.5 Å². The summed E-state index contributed by atoms with van der Waals surface area (Å²) in [4.78, 5) is 10.7. The molecule has 0 fully saturated rings. The highest BCUT2D eigenvalue weighted by Crippen LogP contribution is 2.00. The molecule has 0 spiro atoms. The molecule has 78 valence electrons. The summed E-state index contributed by atoms with van der Waals surface area (Å²) in [6.45, 7) is 3.92. The maximum absolute atomic E-state index is 10.7. The van der Waals surface area contributed by atoms with Crippen LogP contribution in [0.5, 0.6) is 0 Å². The van der Waals surface area contributed by atoms with Gasteiger partial charge in [-0.2, -0.15) is 0 Å². The van der Waals surface area contributed by atoms with Gasteiger partial charge >= 0.3 is 5.97 Å². The van der Waals surface area contributed by atoms with Gasteiger partial charge in [0.25, 0.3) is 0 Å². The Morgan fingerprint density at radius 1 is 1.46 bits per heavy atom. The molecular formula is C9H19NO3. The molecule has 0 aromatic carbocycles. The molecule has 0 aliphatic heterocycles. The fourth-order valence-electron chi connectivity index (χ4n) is 1.19. The number of carboxylic acids is 1. The van der Waals surface area contributed by atoms with E-state index in [2.05, 4.69) is 5.32 Å². The van der Waals surface area contributed by atoms with Crippen LogP contribution in [0.2, 0.25) is 0 Å². The molecule has 3 N–H and O–H groups in total. The second kappa shape index (κ2) is 6.86. The monoisotopic (exact) mass is 189 g/mol. The third-order valence-corrected chi connectivity index (χ3v) is 1.92. The largest absolute Gasteiger partial charge is 0.480 e. The normalized spacial score (nSPS) is 15.3. The van der Waals surface area contributed by atoms with Gasteiger partial charge in [0.1, 0.15) is 6.04 Å². The molecule has 0 aliphatic rings. The lowest BCUT2D eigenvalue weighted by Gasteiger charge is -2.18. The number of hydrogen-bond donors (Lipinski definition) is 3. The second-order valence-electron chi connectivity index (χ2n) is 3.26. The summed E-state index contributed by atoms with van der Waals surface area (Å²) in [6, 6.07) is -0.427. The molecule has 2 atom stereocenters. The van der Waals surface area contributed by atoms with Crippen molar-refractivity contribution in [2.75, 3.05) is 6.61 Å². The minimum Gasteiger partial charge on any atom is -0.480 e. The van der Waals surface area contributed by atoms with Gasteiger partial charge in [0.05, 0.1) is 0 Å². The fourth-order valence-corrected chi connectivity index (χ4v) is 1.19. The SMILES string of the molecule is CCCC(NC(C)CCO)C(=O)O. The smallest absolute Gasteiger partial charge is 0.320 e. The summed E-state index contributed by atoms with van der Waals surface area (Å²) < 4.78 is 0. The summed E-state index contributed by atoms with van der Waals surface area (Å²) >= 11 is 0. The molecule has 0 bridgehead atoms. The molecule has 0 saturated carbocycles. The van der Waals surface area contributed by atoms with Crippen LogP contribution in [0.4, 0.5) is 0 Å². The average molecular weight is 189 g/mol. The van der Waals surface area contributed by atoms with Gasteiger partial charge in [-0.15, -0.1) is 0 Å². The fraction of sp³-hybridized carbons (Fsp3) is 0.889. The van der Waals surface area contributed by atoms with Crippen molar-refractivity contribution in [2.45, 2.75) is 45.2 Å². The molecule has 4 heteroatoms. The van der Waals surface area contributed by atoms with Crippen LogP contribution < -0.4 is 5.32 Å². The van der Waals surface area contributed by atoms with Crippen LogP contribution >= 0.6 is 0 Å². The highest BCUT2D eigenvalue weighted by molar-refractivity contribution is 5.73. The van der Waals surface area contributed by atoms with E-state index < -0.39 is 12.0 Å². The lowest BCUT2D eigenvalue weighted by atomic mass is 10.1. The Labute approximate surface area is 79.0 Å². The number of aliphatic carboxylic acids is 1. The molecule has 0 aromatic heterocycles. The molecule has 0 aliphatic carbocycles. The van der Waals surface area contributed by atoms with E-state index >= 15 is 0 Å². The molecule has 0 radical (unpaired) electrons. The highest BCUT2D eigenvalue weighted by atomic mass is 16.4. The molecule has 13 heavy (non-hydrogen) atoms. The summed E-state index contributed by atoms with van der Waals surface area (Å²) in [5, 5.41) is 20.4.